The molecule has 1 aromatic rings. The first-order chi connectivity index (χ1) is 11.2. The van der Waals surface area contributed by atoms with Crippen molar-refractivity contribution in [2.75, 3.05) is 18.5 Å². The van der Waals surface area contributed by atoms with E-state index < -0.39 is 0 Å². The van der Waals surface area contributed by atoms with E-state index in [-0.39, 0.29) is 11.3 Å². The van der Waals surface area contributed by atoms with Gasteiger partial charge in [0.2, 0.25) is 0 Å². The summed E-state index contributed by atoms with van der Waals surface area (Å²) < 4.78 is 0. The topological polar surface area (TPSA) is 23.6 Å². The summed E-state index contributed by atoms with van der Waals surface area (Å²) >= 11 is 0. The molecule has 7 atom stereocenters. The van der Waals surface area contributed by atoms with Gasteiger partial charge in [0, 0.05) is 37.3 Å². The molecule has 0 amide bonds. The number of fused-ring (bicyclic) bond motifs is 2. The number of allylic oxidation sites excluding steroid dienone is 1. The van der Waals surface area contributed by atoms with Gasteiger partial charge in [0.1, 0.15) is 0 Å². The van der Waals surface area contributed by atoms with Gasteiger partial charge in [-0.05, 0) is 37.3 Å². The zero-order chi connectivity index (χ0) is 15.5. The normalized spacial score (nSPS) is 49.9. The Morgan fingerprint density at radius 3 is 2.91 bits per heavy atom. The van der Waals surface area contributed by atoms with Gasteiger partial charge in [0.05, 0.1) is 11.5 Å². The highest BCUT2D eigenvalue weighted by atomic mass is 16.1. The molecular weight excluding hydrogens is 284 g/mol. The van der Waals surface area contributed by atoms with Crippen molar-refractivity contribution in [1.82, 2.24) is 4.90 Å². The predicted molar refractivity (Wildman–Crippen MR) is 89.6 cm³/mol. The molecule has 0 radical (unpaired) electrons. The highest BCUT2D eigenvalue weighted by Gasteiger charge is 2.74. The summed E-state index contributed by atoms with van der Waals surface area (Å²) in [5.41, 5.74) is 3.91. The maximum absolute atomic E-state index is 13.7. The Balaban J connectivity index is 1.64. The lowest BCUT2D eigenvalue weighted by atomic mass is 9.65. The summed E-state index contributed by atoms with van der Waals surface area (Å²) in [5, 5.41) is 0. The Labute approximate surface area is 137 Å². The zero-order valence-electron chi connectivity index (χ0n) is 13.7. The smallest absolute Gasteiger partial charge is 0.150 e. The molecule has 0 N–H and O–H groups in total. The number of carbonyl (C=O) groups excluding carboxylic acids is 1. The number of rotatable bonds is 0. The fraction of sp³-hybridized carbons (Fsp3) is 0.550. The Kier molecular flexibility index (Phi) is 2.07. The van der Waals surface area contributed by atoms with E-state index >= 15 is 0 Å². The van der Waals surface area contributed by atoms with Gasteiger partial charge in [-0.15, -0.1) is 0 Å². The number of nitrogens with zero attached hydrogens (tertiary/aromatic N) is 2. The fourth-order valence-electron chi connectivity index (χ4n) is 7.05. The third-order valence-corrected chi connectivity index (χ3v) is 7.73. The van der Waals surface area contributed by atoms with Gasteiger partial charge in [-0.2, -0.15) is 0 Å². The average molecular weight is 306 g/mol. The van der Waals surface area contributed by atoms with Crippen LogP contribution in [0.5, 0.6) is 0 Å². The number of hydrogen-bond acceptors (Lipinski definition) is 3. The molecule has 7 rings (SSSR count). The predicted octanol–water partition coefficient (Wildman–Crippen LogP) is 2.36. The number of para-hydroxylation sites is 1. The van der Waals surface area contributed by atoms with E-state index in [0.717, 1.165) is 13.0 Å². The molecule has 5 aliphatic heterocycles. The van der Waals surface area contributed by atoms with E-state index in [4.69, 9.17) is 0 Å². The molecule has 3 heteroatoms. The SMILES string of the molecule is C/C=C1/CN2[C@H]3C[C@]45C(=O)[C@H]3[C@H]1C[C@H]2[C@@H]4N(C)c1ccccc15. The lowest BCUT2D eigenvalue weighted by Crippen LogP contribution is -2.68. The third-order valence-electron chi connectivity index (χ3n) is 7.73. The van der Waals surface area contributed by atoms with Crippen molar-refractivity contribution >= 4 is 11.5 Å². The van der Waals surface area contributed by atoms with E-state index in [1.54, 1.807) is 0 Å². The number of anilines is 1. The number of likely N-dealkylation sites (N-methyl/N-ethyl adjacent to an activating group) is 1. The number of ketones is 1. The van der Waals surface area contributed by atoms with Crippen LogP contribution in [0, 0.1) is 11.8 Å². The molecule has 6 aliphatic rings. The molecule has 1 unspecified atom stereocenters. The van der Waals surface area contributed by atoms with Gasteiger partial charge < -0.3 is 4.90 Å². The molecule has 1 aliphatic carbocycles. The third kappa shape index (κ3) is 1.12. The van der Waals surface area contributed by atoms with Crippen LogP contribution in [0.15, 0.2) is 35.9 Å². The van der Waals surface area contributed by atoms with Crippen LogP contribution in [-0.4, -0.2) is 42.4 Å². The summed E-state index contributed by atoms with van der Waals surface area (Å²) in [5.74, 6) is 1.31. The number of benzene rings is 1. The van der Waals surface area contributed by atoms with Crippen molar-refractivity contribution in [2.45, 2.75) is 43.3 Å². The molecule has 1 aromatic carbocycles. The van der Waals surface area contributed by atoms with Crippen molar-refractivity contribution in [2.24, 2.45) is 11.8 Å². The summed E-state index contributed by atoms with van der Waals surface area (Å²) in [4.78, 5) is 18.9. The number of Topliss-reactive ketones (excluding diaryl/α,β-unsaturated/α-hetero) is 1. The van der Waals surface area contributed by atoms with Crippen LogP contribution in [-0.2, 0) is 10.2 Å². The van der Waals surface area contributed by atoms with Gasteiger partial charge >= 0.3 is 0 Å². The summed E-state index contributed by atoms with van der Waals surface area (Å²) in [7, 11) is 2.21. The molecule has 5 heterocycles. The largest absolute Gasteiger partial charge is 0.368 e. The standard InChI is InChI=1S/C20H22N2O/c1-3-11-10-22-15-8-12(11)17-16(22)9-20(19(17)23)13-6-4-5-7-14(13)21(2)18(15)20/h3-7,12,15-18H,8-10H2,1-2H3/b11-3-/t12-,15-,16-,17-,18-,20+/m0/s1. The molecule has 23 heavy (non-hydrogen) atoms. The first kappa shape index (κ1) is 12.8. The second-order valence-corrected chi connectivity index (χ2v) is 8.15. The minimum atomic E-state index is -0.222. The monoisotopic (exact) mass is 306 g/mol. The van der Waals surface area contributed by atoms with Gasteiger partial charge in [-0.1, -0.05) is 29.8 Å². The number of piperidine rings is 4. The van der Waals surface area contributed by atoms with Gasteiger partial charge in [0.25, 0.3) is 0 Å². The second kappa shape index (κ2) is 3.72. The number of carbonyl (C=O) groups is 1. The summed E-state index contributed by atoms with van der Waals surface area (Å²) in [6.45, 7) is 3.24. The molecule has 118 valence electrons. The Morgan fingerprint density at radius 2 is 2.09 bits per heavy atom. The number of hydrogen-bond donors (Lipinski definition) is 0. The van der Waals surface area contributed by atoms with E-state index in [2.05, 4.69) is 54.1 Å². The van der Waals surface area contributed by atoms with Crippen LogP contribution >= 0.6 is 0 Å². The molecule has 0 aromatic heterocycles. The zero-order valence-corrected chi connectivity index (χ0v) is 13.7. The molecule has 3 nitrogen and oxygen atoms in total. The van der Waals surface area contributed by atoms with E-state index in [1.165, 1.54) is 23.2 Å². The lowest BCUT2D eigenvalue weighted by Gasteiger charge is -2.58. The maximum atomic E-state index is 13.7. The summed E-state index contributed by atoms with van der Waals surface area (Å²) in [6.07, 6.45) is 4.50. The minimum absolute atomic E-state index is 0.222. The van der Waals surface area contributed by atoms with Crippen molar-refractivity contribution in [3.8, 4) is 0 Å². The van der Waals surface area contributed by atoms with Crippen LogP contribution in [0.25, 0.3) is 0 Å². The van der Waals surface area contributed by atoms with E-state index in [9.17, 15) is 4.79 Å². The summed E-state index contributed by atoms with van der Waals surface area (Å²) in [6, 6.07) is 10.0. The average Bonchev–Trinajstić information content (AvgIpc) is 2.98. The Bertz CT molecular complexity index is 784. The highest BCUT2D eigenvalue weighted by molar-refractivity contribution is 6.01. The van der Waals surface area contributed by atoms with Gasteiger partial charge in [-0.3, -0.25) is 9.69 Å². The van der Waals surface area contributed by atoms with Crippen molar-refractivity contribution in [1.29, 1.82) is 0 Å². The molecule has 4 saturated heterocycles. The molecule has 1 saturated carbocycles. The van der Waals surface area contributed by atoms with E-state index in [1.807, 2.05) is 0 Å². The molecule has 5 bridgehead atoms. The lowest BCUT2D eigenvalue weighted by molar-refractivity contribution is -0.126. The van der Waals surface area contributed by atoms with Crippen LogP contribution < -0.4 is 4.90 Å². The fourth-order valence-corrected chi connectivity index (χ4v) is 7.05. The first-order valence-electron chi connectivity index (χ1n) is 8.96. The van der Waals surface area contributed by atoms with Crippen LogP contribution in [0.3, 0.4) is 0 Å². The van der Waals surface area contributed by atoms with Gasteiger partial charge in [-0.25, -0.2) is 0 Å². The molecule has 5 fully saturated rings. The van der Waals surface area contributed by atoms with Crippen molar-refractivity contribution in [3.63, 3.8) is 0 Å². The highest BCUT2D eigenvalue weighted by Crippen LogP contribution is 2.66. The van der Waals surface area contributed by atoms with Crippen LogP contribution in [0.2, 0.25) is 0 Å². The van der Waals surface area contributed by atoms with E-state index in [0.29, 0.717) is 29.8 Å². The molecular formula is C20H22N2O. The van der Waals surface area contributed by atoms with Crippen molar-refractivity contribution in [3.05, 3.63) is 41.5 Å². The van der Waals surface area contributed by atoms with Crippen molar-refractivity contribution < 1.29 is 4.79 Å². The van der Waals surface area contributed by atoms with Gasteiger partial charge in [0.15, 0.2) is 5.78 Å². The minimum Gasteiger partial charge on any atom is -0.368 e. The molecule has 1 spiro atoms. The second-order valence-electron chi connectivity index (χ2n) is 8.15. The Hall–Kier alpha value is -1.61. The van der Waals surface area contributed by atoms with Crippen LogP contribution in [0.4, 0.5) is 5.69 Å². The van der Waals surface area contributed by atoms with Crippen LogP contribution in [0.1, 0.15) is 25.3 Å². The quantitative estimate of drug-likeness (QED) is 0.688. The maximum Gasteiger partial charge on any atom is 0.150 e. The Morgan fingerprint density at radius 1 is 1.26 bits per heavy atom. The first-order valence-corrected chi connectivity index (χ1v) is 8.96.